The number of aryl methyl sites for hydroxylation is 1. The first-order valence-electron chi connectivity index (χ1n) is 8.66. The summed E-state index contributed by atoms with van der Waals surface area (Å²) in [6.07, 6.45) is 0. The quantitative estimate of drug-likeness (QED) is 0.606. The number of nitrogens with zero attached hydrogens (tertiary/aromatic N) is 1. The van der Waals surface area contributed by atoms with Gasteiger partial charge in [0, 0.05) is 29.4 Å². The average molecular weight is 416 g/mol. The first kappa shape index (κ1) is 20.2. The fourth-order valence-corrected chi connectivity index (χ4v) is 4.46. The molecule has 0 radical (unpaired) electrons. The Morgan fingerprint density at radius 2 is 1.86 bits per heavy atom. The number of benzene rings is 1. The smallest absolute Gasteiger partial charge is 0.257 e. The van der Waals surface area contributed by atoms with Crippen LogP contribution in [-0.2, 0) is 22.7 Å². The molecule has 2 aromatic heterocycles. The van der Waals surface area contributed by atoms with Gasteiger partial charge in [0.2, 0.25) is 5.91 Å². The summed E-state index contributed by atoms with van der Waals surface area (Å²) < 4.78 is 5.08. The summed E-state index contributed by atoms with van der Waals surface area (Å²) in [5.74, 6) is -0.248. The molecule has 0 atom stereocenters. The molecule has 0 spiro atoms. The Labute approximate surface area is 171 Å². The number of amides is 2. The Bertz CT molecular complexity index is 977. The van der Waals surface area contributed by atoms with E-state index in [9.17, 15) is 9.59 Å². The highest BCUT2D eigenvalue weighted by molar-refractivity contribution is 7.18. The van der Waals surface area contributed by atoms with Crippen LogP contribution in [0.25, 0.3) is 10.6 Å². The number of ether oxygens (including phenoxy) is 1. The molecule has 146 valence electrons. The minimum Gasteiger partial charge on any atom is -0.380 e. The van der Waals surface area contributed by atoms with Crippen LogP contribution < -0.4 is 10.6 Å². The third-order valence-electron chi connectivity index (χ3n) is 3.95. The van der Waals surface area contributed by atoms with Crippen molar-refractivity contribution in [1.82, 2.24) is 10.3 Å². The van der Waals surface area contributed by atoms with Crippen LogP contribution in [-0.4, -0.2) is 23.9 Å². The number of anilines is 1. The topological polar surface area (TPSA) is 80.3 Å². The van der Waals surface area contributed by atoms with Crippen molar-refractivity contribution in [2.45, 2.75) is 27.0 Å². The monoisotopic (exact) mass is 415 g/mol. The van der Waals surface area contributed by atoms with E-state index in [1.807, 2.05) is 31.2 Å². The maximum Gasteiger partial charge on any atom is 0.257 e. The van der Waals surface area contributed by atoms with E-state index in [2.05, 4.69) is 15.6 Å². The molecule has 2 amide bonds. The fraction of sp³-hybridized carbons (Fsp3) is 0.250. The highest BCUT2D eigenvalue weighted by Gasteiger charge is 2.15. The zero-order chi connectivity index (χ0) is 20.1. The lowest BCUT2D eigenvalue weighted by Gasteiger charge is -2.03. The molecule has 8 heteroatoms. The van der Waals surface area contributed by atoms with Gasteiger partial charge in [-0.25, -0.2) is 4.98 Å². The van der Waals surface area contributed by atoms with Gasteiger partial charge in [-0.1, -0.05) is 12.1 Å². The summed E-state index contributed by atoms with van der Waals surface area (Å²) in [5, 5.41) is 6.23. The fourth-order valence-electron chi connectivity index (χ4n) is 2.58. The van der Waals surface area contributed by atoms with Gasteiger partial charge in [0.05, 0.1) is 23.7 Å². The Balaban J connectivity index is 1.69. The van der Waals surface area contributed by atoms with Crippen molar-refractivity contribution in [2.75, 3.05) is 12.4 Å². The van der Waals surface area contributed by atoms with Gasteiger partial charge in [0.25, 0.3) is 5.91 Å². The minimum atomic E-state index is -0.193. The maximum atomic E-state index is 12.5. The number of rotatable bonds is 7. The van der Waals surface area contributed by atoms with Gasteiger partial charge >= 0.3 is 0 Å². The molecule has 3 aromatic rings. The van der Waals surface area contributed by atoms with E-state index in [1.165, 1.54) is 18.3 Å². The van der Waals surface area contributed by atoms with Crippen molar-refractivity contribution in [2.24, 2.45) is 0 Å². The number of carbonyl (C=O) groups excluding carboxylic acids is 2. The van der Waals surface area contributed by atoms with Gasteiger partial charge < -0.3 is 10.1 Å². The van der Waals surface area contributed by atoms with Crippen molar-refractivity contribution >= 4 is 39.6 Å². The molecule has 1 aromatic carbocycles. The van der Waals surface area contributed by atoms with E-state index in [-0.39, 0.29) is 11.8 Å². The SMILES string of the molecule is COCc1ccc(C(=O)Nc2nc(-c3ccc(CNC(C)=O)s3)c(C)s2)cc1. The molecule has 0 unspecified atom stereocenters. The van der Waals surface area contributed by atoms with Gasteiger partial charge in [0.15, 0.2) is 5.13 Å². The molecule has 0 aliphatic rings. The van der Waals surface area contributed by atoms with Gasteiger partial charge in [0.1, 0.15) is 0 Å². The van der Waals surface area contributed by atoms with Crippen LogP contribution in [0.3, 0.4) is 0 Å². The van der Waals surface area contributed by atoms with Crippen LogP contribution in [0.2, 0.25) is 0 Å². The van der Waals surface area contributed by atoms with Crippen LogP contribution >= 0.6 is 22.7 Å². The molecule has 0 bridgehead atoms. The first-order valence-corrected chi connectivity index (χ1v) is 10.3. The number of carbonyl (C=O) groups is 2. The molecule has 0 aliphatic carbocycles. The molecule has 28 heavy (non-hydrogen) atoms. The lowest BCUT2D eigenvalue weighted by atomic mass is 10.1. The zero-order valence-corrected chi connectivity index (χ0v) is 17.5. The van der Waals surface area contributed by atoms with Crippen molar-refractivity contribution < 1.29 is 14.3 Å². The third-order valence-corrected chi connectivity index (χ3v) is 5.93. The number of thiazole rings is 1. The second-order valence-electron chi connectivity index (χ2n) is 6.18. The van der Waals surface area contributed by atoms with E-state index in [0.29, 0.717) is 23.8 Å². The van der Waals surface area contributed by atoms with Gasteiger partial charge in [-0.3, -0.25) is 14.9 Å². The lowest BCUT2D eigenvalue weighted by molar-refractivity contribution is -0.119. The predicted octanol–water partition coefficient (Wildman–Crippen LogP) is 4.21. The van der Waals surface area contributed by atoms with E-state index in [4.69, 9.17) is 4.74 Å². The van der Waals surface area contributed by atoms with Gasteiger partial charge in [-0.2, -0.15) is 0 Å². The van der Waals surface area contributed by atoms with Crippen LogP contribution in [0.15, 0.2) is 36.4 Å². The van der Waals surface area contributed by atoms with Crippen molar-refractivity contribution in [3.05, 3.63) is 57.3 Å². The van der Waals surface area contributed by atoms with Gasteiger partial charge in [-0.05, 0) is 36.8 Å². The molecular weight excluding hydrogens is 394 g/mol. The van der Waals surface area contributed by atoms with Crippen LogP contribution in [0.1, 0.15) is 32.6 Å². The Kier molecular flexibility index (Phi) is 6.56. The molecule has 0 fully saturated rings. The minimum absolute atomic E-state index is 0.0555. The third kappa shape index (κ3) is 5.03. The number of hydrogen-bond acceptors (Lipinski definition) is 6. The molecule has 0 aliphatic heterocycles. The Hall–Kier alpha value is -2.55. The van der Waals surface area contributed by atoms with E-state index < -0.39 is 0 Å². The summed E-state index contributed by atoms with van der Waals surface area (Å²) in [7, 11) is 1.64. The molecule has 0 saturated heterocycles. The van der Waals surface area contributed by atoms with Crippen molar-refractivity contribution in [3.63, 3.8) is 0 Å². The summed E-state index contributed by atoms with van der Waals surface area (Å²) >= 11 is 3.03. The maximum absolute atomic E-state index is 12.5. The van der Waals surface area contributed by atoms with Crippen molar-refractivity contribution in [1.29, 1.82) is 0 Å². The largest absolute Gasteiger partial charge is 0.380 e. The molecule has 2 heterocycles. The summed E-state index contributed by atoms with van der Waals surface area (Å²) in [5.41, 5.74) is 2.44. The van der Waals surface area contributed by atoms with E-state index >= 15 is 0 Å². The van der Waals surface area contributed by atoms with Crippen molar-refractivity contribution in [3.8, 4) is 10.6 Å². The lowest BCUT2D eigenvalue weighted by Crippen LogP contribution is -2.17. The normalized spacial score (nSPS) is 10.7. The van der Waals surface area contributed by atoms with Crippen LogP contribution in [0, 0.1) is 6.92 Å². The number of nitrogens with one attached hydrogen (secondary N) is 2. The standard InChI is InChI=1S/C20H21N3O3S2/c1-12-18(17-9-8-16(28-17)10-21-13(2)24)22-20(27-12)23-19(25)15-6-4-14(5-7-15)11-26-3/h4-9H,10-11H2,1-3H3,(H,21,24)(H,22,23,25). The molecule has 2 N–H and O–H groups in total. The first-order chi connectivity index (χ1) is 13.5. The second kappa shape index (κ2) is 9.09. The zero-order valence-electron chi connectivity index (χ0n) is 15.9. The molecular formula is C20H21N3O3S2. The number of hydrogen-bond donors (Lipinski definition) is 2. The average Bonchev–Trinajstić information content (AvgIpc) is 3.27. The summed E-state index contributed by atoms with van der Waals surface area (Å²) in [6.45, 7) is 4.50. The highest BCUT2D eigenvalue weighted by Crippen LogP contribution is 2.34. The van der Waals surface area contributed by atoms with Crippen LogP contribution in [0.5, 0.6) is 0 Å². The molecule has 0 saturated carbocycles. The number of thiophene rings is 1. The summed E-state index contributed by atoms with van der Waals surface area (Å²) in [6, 6.07) is 11.3. The van der Waals surface area contributed by atoms with E-state index in [1.54, 1.807) is 30.6 Å². The van der Waals surface area contributed by atoms with E-state index in [0.717, 1.165) is 25.9 Å². The Morgan fingerprint density at radius 1 is 1.11 bits per heavy atom. The summed E-state index contributed by atoms with van der Waals surface area (Å²) in [4.78, 5) is 31.2. The second-order valence-corrected chi connectivity index (χ2v) is 8.56. The molecule has 3 rings (SSSR count). The number of methoxy groups -OCH3 is 1. The van der Waals surface area contributed by atoms with Crippen LogP contribution in [0.4, 0.5) is 5.13 Å². The predicted molar refractivity (Wildman–Crippen MR) is 113 cm³/mol. The highest BCUT2D eigenvalue weighted by atomic mass is 32.1. The Morgan fingerprint density at radius 3 is 2.54 bits per heavy atom. The number of aromatic nitrogens is 1. The molecule has 6 nitrogen and oxygen atoms in total. The van der Waals surface area contributed by atoms with Gasteiger partial charge in [-0.15, -0.1) is 22.7 Å².